The molecule has 0 fully saturated rings. The van der Waals surface area contributed by atoms with Crippen LogP contribution in [0.2, 0.25) is 0 Å². The van der Waals surface area contributed by atoms with E-state index in [1.54, 1.807) is 6.20 Å². The number of rotatable bonds is 4. The van der Waals surface area contributed by atoms with Crippen molar-refractivity contribution in [3.05, 3.63) is 77.4 Å². The minimum atomic E-state index is -4.64. The number of nitrogens with zero attached hydrogens (tertiary/aromatic N) is 2. The predicted molar refractivity (Wildman–Crippen MR) is 100 cm³/mol. The molecule has 0 bridgehead atoms. The molecule has 0 saturated heterocycles. The summed E-state index contributed by atoms with van der Waals surface area (Å²) in [6, 6.07) is 12.3. The molecule has 0 aliphatic heterocycles. The quantitative estimate of drug-likeness (QED) is 0.398. The summed E-state index contributed by atoms with van der Waals surface area (Å²) in [5, 5.41) is 7.88. The minimum absolute atomic E-state index is 0.0693. The average Bonchev–Trinajstić information content (AvgIpc) is 2.68. The lowest BCUT2D eigenvalue weighted by atomic mass is 10.1. The summed E-state index contributed by atoms with van der Waals surface area (Å²) in [5.74, 6) is -0.618. The van der Waals surface area contributed by atoms with Crippen LogP contribution >= 0.6 is 0 Å². The molecule has 2 aromatic carbocycles. The number of aromatic nitrogens is 1. The highest BCUT2D eigenvalue weighted by molar-refractivity contribution is 5.85. The maximum atomic E-state index is 13.2. The zero-order chi connectivity index (χ0) is 20.1. The Morgan fingerprint density at radius 3 is 2.54 bits per heavy atom. The van der Waals surface area contributed by atoms with Crippen LogP contribution in [0.25, 0.3) is 10.8 Å². The summed E-state index contributed by atoms with van der Waals surface area (Å²) in [6.45, 7) is 0.189. The van der Waals surface area contributed by atoms with Gasteiger partial charge in [0.2, 0.25) is 0 Å². The van der Waals surface area contributed by atoms with Crippen LogP contribution in [0.4, 0.5) is 17.6 Å². The molecule has 28 heavy (non-hydrogen) atoms. The molecule has 1 heterocycles. The minimum Gasteiger partial charge on any atom is -0.352 e. The number of aliphatic imine (C=N–C) groups is 1. The van der Waals surface area contributed by atoms with E-state index in [1.807, 2.05) is 30.3 Å². The van der Waals surface area contributed by atoms with Crippen LogP contribution in [0, 0.1) is 5.82 Å². The fourth-order valence-corrected chi connectivity index (χ4v) is 2.86. The molecule has 0 saturated carbocycles. The number of nitrogens with one attached hydrogen (secondary N) is 2. The van der Waals surface area contributed by atoms with Crippen molar-refractivity contribution in [3.63, 3.8) is 0 Å². The summed E-state index contributed by atoms with van der Waals surface area (Å²) < 4.78 is 52.5. The van der Waals surface area contributed by atoms with E-state index in [0.29, 0.717) is 18.6 Å². The van der Waals surface area contributed by atoms with Gasteiger partial charge in [0.05, 0.1) is 17.8 Å². The van der Waals surface area contributed by atoms with Crippen LogP contribution < -0.4 is 10.6 Å². The van der Waals surface area contributed by atoms with Gasteiger partial charge in [0.1, 0.15) is 5.82 Å². The lowest BCUT2D eigenvalue weighted by Gasteiger charge is -2.16. The number of hydrogen-bond donors (Lipinski definition) is 2. The Labute approximate surface area is 159 Å². The van der Waals surface area contributed by atoms with Crippen molar-refractivity contribution >= 4 is 16.7 Å². The van der Waals surface area contributed by atoms with Crippen molar-refractivity contribution in [2.75, 3.05) is 7.05 Å². The monoisotopic (exact) mass is 390 g/mol. The molecule has 0 aliphatic carbocycles. The molecule has 8 heteroatoms. The van der Waals surface area contributed by atoms with E-state index in [9.17, 15) is 17.6 Å². The van der Waals surface area contributed by atoms with Gasteiger partial charge < -0.3 is 10.6 Å². The topological polar surface area (TPSA) is 49.3 Å². The van der Waals surface area contributed by atoms with Gasteiger partial charge in [-0.05, 0) is 29.1 Å². The van der Waals surface area contributed by atoms with E-state index in [1.165, 1.54) is 7.05 Å². The van der Waals surface area contributed by atoms with Gasteiger partial charge in [0.25, 0.3) is 0 Å². The summed E-state index contributed by atoms with van der Waals surface area (Å²) in [6.07, 6.45) is -2.94. The van der Waals surface area contributed by atoms with Gasteiger partial charge in [0, 0.05) is 25.2 Å². The highest BCUT2D eigenvalue weighted by Crippen LogP contribution is 2.32. The van der Waals surface area contributed by atoms with Crippen molar-refractivity contribution < 1.29 is 17.6 Å². The molecule has 0 radical (unpaired) electrons. The second-order valence-corrected chi connectivity index (χ2v) is 6.06. The van der Waals surface area contributed by atoms with Crippen molar-refractivity contribution in [2.24, 2.45) is 4.99 Å². The molecule has 3 rings (SSSR count). The van der Waals surface area contributed by atoms with Crippen molar-refractivity contribution in [1.82, 2.24) is 15.6 Å². The molecule has 1 aromatic heterocycles. The van der Waals surface area contributed by atoms with Gasteiger partial charge in [-0.1, -0.05) is 30.3 Å². The van der Waals surface area contributed by atoms with Gasteiger partial charge in [0.15, 0.2) is 5.96 Å². The van der Waals surface area contributed by atoms with Crippen molar-refractivity contribution in [3.8, 4) is 0 Å². The Morgan fingerprint density at radius 1 is 1.04 bits per heavy atom. The predicted octanol–water partition coefficient (Wildman–Crippen LogP) is 4.26. The average molecular weight is 390 g/mol. The third-order valence-electron chi connectivity index (χ3n) is 4.23. The van der Waals surface area contributed by atoms with E-state index in [2.05, 4.69) is 20.6 Å². The number of hydrogen-bond acceptors (Lipinski definition) is 2. The molecule has 0 aliphatic rings. The van der Waals surface area contributed by atoms with Crippen LogP contribution in [0.5, 0.6) is 0 Å². The Bertz CT molecular complexity index is 994. The first-order valence-electron chi connectivity index (χ1n) is 8.51. The summed E-state index contributed by atoms with van der Waals surface area (Å²) in [4.78, 5) is 8.37. The van der Waals surface area contributed by atoms with E-state index in [4.69, 9.17) is 0 Å². The second-order valence-electron chi connectivity index (χ2n) is 6.06. The number of benzene rings is 2. The van der Waals surface area contributed by atoms with Gasteiger partial charge in [-0.2, -0.15) is 13.2 Å². The van der Waals surface area contributed by atoms with Crippen LogP contribution in [0.15, 0.2) is 59.7 Å². The number of alkyl halides is 3. The van der Waals surface area contributed by atoms with Gasteiger partial charge >= 0.3 is 6.18 Å². The standard InChI is InChI=1S/C20H18F4N4/c1-25-19(27-11-14-6-7-15(21)10-17(14)20(22,23)24)28-12-18-16-5-3-2-4-13(16)8-9-26-18/h2-10H,11-12H2,1H3,(H2,25,27,28). The normalized spacial score (nSPS) is 12.2. The van der Waals surface area contributed by atoms with Crippen LogP contribution in [-0.4, -0.2) is 18.0 Å². The Balaban J connectivity index is 1.69. The number of pyridine rings is 1. The summed E-state index contributed by atoms with van der Waals surface area (Å²) in [7, 11) is 1.52. The SMILES string of the molecule is CN=C(NCc1ccc(F)cc1C(F)(F)F)NCc1nccc2ccccc12. The summed E-state index contributed by atoms with van der Waals surface area (Å²) >= 11 is 0. The number of fused-ring (bicyclic) bond motifs is 1. The fourth-order valence-electron chi connectivity index (χ4n) is 2.86. The second kappa shape index (κ2) is 8.24. The lowest BCUT2D eigenvalue weighted by molar-refractivity contribution is -0.138. The van der Waals surface area contributed by atoms with E-state index >= 15 is 0 Å². The molecular formula is C20H18F4N4. The van der Waals surface area contributed by atoms with Crippen LogP contribution in [-0.2, 0) is 19.3 Å². The number of halogens is 4. The zero-order valence-electron chi connectivity index (χ0n) is 15.0. The smallest absolute Gasteiger partial charge is 0.352 e. The van der Waals surface area contributed by atoms with Gasteiger partial charge in [-0.3, -0.25) is 9.98 Å². The molecular weight excluding hydrogens is 372 g/mol. The molecule has 0 amide bonds. The third-order valence-corrected chi connectivity index (χ3v) is 4.23. The highest BCUT2D eigenvalue weighted by atomic mass is 19.4. The first kappa shape index (κ1) is 19.6. The lowest BCUT2D eigenvalue weighted by Crippen LogP contribution is -2.37. The maximum absolute atomic E-state index is 13.2. The fraction of sp³-hybridized carbons (Fsp3) is 0.200. The van der Waals surface area contributed by atoms with Crippen LogP contribution in [0.3, 0.4) is 0 Å². The first-order chi connectivity index (χ1) is 13.4. The molecule has 4 nitrogen and oxygen atoms in total. The van der Waals surface area contributed by atoms with E-state index in [-0.39, 0.29) is 12.1 Å². The summed E-state index contributed by atoms with van der Waals surface area (Å²) in [5.41, 5.74) is -0.287. The largest absolute Gasteiger partial charge is 0.416 e. The van der Waals surface area contributed by atoms with Crippen LogP contribution in [0.1, 0.15) is 16.8 Å². The molecule has 0 spiro atoms. The van der Waals surface area contributed by atoms with Crippen molar-refractivity contribution in [1.29, 1.82) is 0 Å². The third kappa shape index (κ3) is 4.57. The number of guanidine groups is 1. The first-order valence-corrected chi connectivity index (χ1v) is 8.51. The highest BCUT2D eigenvalue weighted by Gasteiger charge is 2.33. The van der Waals surface area contributed by atoms with Crippen molar-refractivity contribution in [2.45, 2.75) is 19.3 Å². The maximum Gasteiger partial charge on any atom is 0.416 e. The van der Waals surface area contributed by atoms with E-state index < -0.39 is 17.6 Å². The zero-order valence-corrected chi connectivity index (χ0v) is 15.0. The Kier molecular flexibility index (Phi) is 5.77. The van der Waals surface area contributed by atoms with Gasteiger partial charge in [-0.25, -0.2) is 4.39 Å². The molecule has 146 valence electrons. The molecule has 0 unspecified atom stereocenters. The molecule has 2 N–H and O–H groups in total. The van der Waals surface area contributed by atoms with Gasteiger partial charge in [-0.15, -0.1) is 0 Å². The molecule has 3 aromatic rings. The van der Waals surface area contributed by atoms with E-state index in [0.717, 1.165) is 28.6 Å². The Morgan fingerprint density at radius 2 is 1.79 bits per heavy atom. The molecule has 0 atom stereocenters. The Hall–Kier alpha value is -3.16.